The van der Waals surface area contributed by atoms with Crippen molar-refractivity contribution in [2.45, 2.75) is 18.9 Å². The Morgan fingerprint density at radius 2 is 2.21 bits per heavy atom. The maximum atomic E-state index is 10.8. The van der Waals surface area contributed by atoms with E-state index in [-0.39, 0.29) is 5.56 Å². The standard InChI is InChI=1S/C14H19NO3S/c16-14(17)11-2-1-3-13(10-11)18-7-6-15-12-4-8-19-9-5-12/h1-3,10,12,15H,4-9H2,(H,16,17). The summed E-state index contributed by atoms with van der Waals surface area (Å²) in [5.74, 6) is 2.16. The van der Waals surface area contributed by atoms with Crippen molar-refractivity contribution in [3.63, 3.8) is 0 Å². The molecule has 1 saturated heterocycles. The Labute approximate surface area is 117 Å². The predicted octanol–water partition coefficient (Wildman–Crippen LogP) is 2.25. The number of rotatable bonds is 6. The molecule has 0 aliphatic carbocycles. The van der Waals surface area contributed by atoms with Crippen LogP contribution >= 0.6 is 11.8 Å². The molecule has 1 aliphatic heterocycles. The zero-order chi connectivity index (χ0) is 13.5. The van der Waals surface area contributed by atoms with Crippen LogP contribution in [-0.4, -0.2) is 41.8 Å². The zero-order valence-corrected chi connectivity index (χ0v) is 11.6. The highest BCUT2D eigenvalue weighted by atomic mass is 32.2. The van der Waals surface area contributed by atoms with Crippen LogP contribution in [0.5, 0.6) is 5.75 Å². The Morgan fingerprint density at radius 1 is 1.42 bits per heavy atom. The van der Waals surface area contributed by atoms with Crippen LogP contribution in [0.15, 0.2) is 24.3 Å². The Hall–Kier alpha value is -1.20. The summed E-state index contributed by atoms with van der Waals surface area (Å²) >= 11 is 2.01. The largest absolute Gasteiger partial charge is 0.492 e. The van der Waals surface area contributed by atoms with Gasteiger partial charge in [-0.3, -0.25) is 0 Å². The van der Waals surface area contributed by atoms with Crippen LogP contribution in [0, 0.1) is 0 Å². The molecule has 0 saturated carbocycles. The Kier molecular flexibility index (Phi) is 5.54. The van der Waals surface area contributed by atoms with Gasteiger partial charge in [-0.15, -0.1) is 0 Å². The Balaban J connectivity index is 1.70. The molecule has 0 unspecified atom stereocenters. The molecule has 0 radical (unpaired) electrons. The summed E-state index contributed by atoms with van der Waals surface area (Å²) in [4.78, 5) is 10.8. The average Bonchev–Trinajstić information content (AvgIpc) is 2.45. The van der Waals surface area contributed by atoms with Crippen molar-refractivity contribution in [2.24, 2.45) is 0 Å². The minimum atomic E-state index is -0.928. The highest BCUT2D eigenvalue weighted by molar-refractivity contribution is 7.99. The molecule has 0 aromatic heterocycles. The van der Waals surface area contributed by atoms with Gasteiger partial charge in [0.2, 0.25) is 0 Å². The third-order valence-corrected chi connectivity index (χ3v) is 4.15. The summed E-state index contributed by atoms with van der Waals surface area (Å²) in [6, 6.07) is 7.20. The summed E-state index contributed by atoms with van der Waals surface area (Å²) in [6.45, 7) is 1.36. The van der Waals surface area contributed by atoms with E-state index in [0.717, 1.165) is 6.54 Å². The van der Waals surface area contributed by atoms with Crippen LogP contribution in [0.2, 0.25) is 0 Å². The maximum Gasteiger partial charge on any atom is 0.335 e. The quantitative estimate of drug-likeness (QED) is 0.783. The van der Waals surface area contributed by atoms with Crippen LogP contribution in [0.25, 0.3) is 0 Å². The predicted molar refractivity (Wildman–Crippen MR) is 77.2 cm³/mol. The highest BCUT2D eigenvalue weighted by Crippen LogP contribution is 2.17. The fourth-order valence-electron chi connectivity index (χ4n) is 2.05. The minimum Gasteiger partial charge on any atom is -0.492 e. The van der Waals surface area contributed by atoms with E-state index in [1.54, 1.807) is 24.3 Å². The van der Waals surface area contributed by atoms with Crippen molar-refractivity contribution in [2.75, 3.05) is 24.7 Å². The summed E-state index contributed by atoms with van der Waals surface area (Å²) < 4.78 is 5.56. The molecule has 2 rings (SSSR count). The van der Waals surface area contributed by atoms with E-state index in [2.05, 4.69) is 5.32 Å². The number of carbonyl (C=O) groups is 1. The number of carboxylic acids is 1. The number of hydrogen-bond donors (Lipinski definition) is 2. The van der Waals surface area contributed by atoms with Crippen LogP contribution < -0.4 is 10.1 Å². The van der Waals surface area contributed by atoms with Gasteiger partial charge in [0.1, 0.15) is 12.4 Å². The van der Waals surface area contributed by atoms with E-state index in [0.29, 0.717) is 18.4 Å². The third-order valence-electron chi connectivity index (χ3n) is 3.11. The van der Waals surface area contributed by atoms with Crippen LogP contribution in [-0.2, 0) is 0 Å². The molecular formula is C14H19NO3S. The molecular weight excluding hydrogens is 262 g/mol. The molecule has 19 heavy (non-hydrogen) atoms. The molecule has 0 spiro atoms. The second-order valence-corrected chi connectivity index (χ2v) is 5.75. The lowest BCUT2D eigenvalue weighted by Crippen LogP contribution is -2.35. The minimum absolute atomic E-state index is 0.259. The number of benzene rings is 1. The van der Waals surface area contributed by atoms with Crippen molar-refractivity contribution in [1.82, 2.24) is 5.32 Å². The fourth-order valence-corrected chi connectivity index (χ4v) is 3.16. The van der Waals surface area contributed by atoms with Crippen molar-refractivity contribution in [3.05, 3.63) is 29.8 Å². The molecule has 1 aromatic carbocycles. The molecule has 5 heteroatoms. The Morgan fingerprint density at radius 3 is 2.95 bits per heavy atom. The lowest BCUT2D eigenvalue weighted by atomic mass is 10.1. The second kappa shape index (κ2) is 7.40. The van der Waals surface area contributed by atoms with Gasteiger partial charge in [0.05, 0.1) is 5.56 Å². The molecule has 0 amide bonds. The maximum absolute atomic E-state index is 10.8. The zero-order valence-electron chi connectivity index (χ0n) is 10.8. The van der Waals surface area contributed by atoms with Gasteiger partial charge in [0, 0.05) is 12.6 Å². The monoisotopic (exact) mass is 281 g/mol. The van der Waals surface area contributed by atoms with Crippen molar-refractivity contribution in [1.29, 1.82) is 0 Å². The summed E-state index contributed by atoms with van der Waals surface area (Å²) in [6.07, 6.45) is 2.44. The van der Waals surface area contributed by atoms with E-state index in [1.165, 1.54) is 24.3 Å². The van der Waals surface area contributed by atoms with Gasteiger partial charge in [-0.25, -0.2) is 4.79 Å². The SMILES string of the molecule is O=C(O)c1cccc(OCCNC2CCSCC2)c1. The molecule has 1 aromatic rings. The number of thioether (sulfide) groups is 1. The number of ether oxygens (including phenoxy) is 1. The first kappa shape index (κ1) is 14.2. The first-order valence-electron chi connectivity index (χ1n) is 6.53. The highest BCUT2D eigenvalue weighted by Gasteiger charge is 2.12. The topological polar surface area (TPSA) is 58.6 Å². The third kappa shape index (κ3) is 4.76. The van der Waals surface area contributed by atoms with E-state index < -0.39 is 5.97 Å². The fraction of sp³-hybridized carbons (Fsp3) is 0.500. The number of aromatic carboxylic acids is 1. The van der Waals surface area contributed by atoms with Gasteiger partial charge < -0.3 is 15.2 Å². The van der Waals surface area contributed by atoms with Crippen LogP contribution in [0.4, 0.5) is 0 Å². The van der Waals surface area contributed by atoms with Gasteiger partial charge in [-0.05, 0) is 42.5 Å². The molecule has 104 valence electrons. The summed E-state index contributed by atoms with van der Waals surface area (Å²) in [5, 5.41) is 12.4. The smallest absolute Gasteiger partial charge is 0.335 e. The Bertz CT molecular complexity index is 419. The van der Waals surface area contributed by atoms with Gasteiger partial charge >= 0.3 is 5.97 Å². The van der Waals surface area contributed by atoms with Gasteiger partial charge in [0.25, 0.3) is 0 Å². The number of nitrogens with one attached hydrogen (secondary N) is 1. The summed E-state index contributed by atoms with van der Waals surface area (Å²) in [5.41, 5.74) is 0.259. The number of hydrogen-bond acceptors (Lipinski definition) is 4. The van der Waals surface area contributed by atoms with Crippen molar-refractivity contribution < 1.29 is 14.6 Å². The first-order valence-corrected chi connectivity index (χ1v) is 7.68. The normalized spacial score (nSPS) is 16.2. The molecule has 4 nitrogen and oxygen atoms in total. The van der Waals surface area contributed by atoms with E-state index >= 15 is 0 Å². The molecule has 2 N–H and O–H groups in total. The van der Waals surface area contributed by atoms with Gasteiger partial charge in [-0.1, -0.05) is 6.07 Å². The molecule has 1 fully saturated rings. The average molecular weight is 281 g/mol. The number of carboxylic acid groups (broad SMARTS) is 1. The summed E-state index contributed by atoms with van der Waals surface area (Å²) in [7, 11) is 0. The second-order valence-electron chi connectivity index (χ2n) is 4.52. The van der Waals surface area contributed by atoms with E-state index in [9.17, 15) is 4.79 Å². The lowest BCUT2D eigenvalue weighted by molar-refractivity contribution is 0.0696. The van der Waals surface area contributed by atoms with Crippen LogP contribution in [0.1, 0.15) is 23.2 Å². The lowest BCUT2D eigenvalue weighted by Gasteiger charge is -2.22. The molecule has 1 heterocycles. The van der Waals surface area contributed by atoms with E-state index in [4.69, 9.17) is 9.84 Å². The van der Waals surface area contributed by atoms with Crippen molar-refractivity contribution in [3.8, 4) is 5.75 Å². The van der Waals surface area contributed by atoms with Gasteiger partial charge in [0.15, 0.2) is 0 Å². The molecule has 0 bridgehead atoms. The van der Waals surface area contributed by atoms with Gasteiger partial charge in [-0.2, -0.15) is 11.8 Å². The van der Waals surface area contributed by atoms with E-state index in [1.807, 2.05) is 11.8 Å². The van der Waals surface area contributed by atoms with Crippen LogP contribution in [0.3, 0.4) is 0 Å². The first-order chi connectivity index (χ1) is 9.25. The molecule has 0 atom stereocenters. The van der Waals surface area contributed by atoms with Crippen molar-refractivity contribution >= 4 is 17.7 Å². The molecule has 1 aliphatic rings.